The maximum Gasteiger partial charge on any atom is 0.0641 e. The highest BCUT2D eigenvalue weighted by atomic mass is 35.5. The summed E-state index contributed by atoms with van der Waals surface area (Å²) in [5, 5.41) is 6.14. The molecule has 0 aliphatic rings. The Kier molecular flexibility index (Phi) is 4.59. The standard InChI is InChI=1S/C11H18ClNOS/c1-11(2,14-4)7-9(13-3)10-8(12)5-6-15-10/h5-6,9,13H,7H2,1-4H3. The van der Waals surface area contributed by atoms with Crippen LogP contribution in [-0.4, -0.2) is 19.8 Å². The van der Waals surface area contributed by atoms with E-state index in [0.29, 0.717) is 0 Å². The summed E-state index contributed by atoms with van der Waals surface area (Å²) >= 11 is 7.80. The topological polar surface area (TPSA) is 21.3 Å². The fraction of sp³-hybridized carbons (Fsp3) is 0.636. The van der Waals surface area contributed by atoms with Gasteiger partial charge in [0.15, 0.2) is 0 Å². The smallest absolute Gasteiger partial charge is 0.0641 e. The van der Waals surface area contributed by atoms with Gasteiger partial charge in [0, 0.05) is 18.0 Å². The van der Waals surface area contributed by atoms with Crippen LogP contribution in [0.1, 0.15) is 31.2 Å². The van der Waals surface area contributed by atoms with Gasteiger partial charge in [0.2, 0.25) is 0 Å². The zero-order valence-electron chi connectivity index (χ0n) is 9.63. The van der Waals surface area contributed by atoms with Crippen molar-refractivity contribution in [2.45, 2.75) is 31.9 Å². The first-order chi connectivity index (χ1) is 7.00. The fourth-order valence-corrected chi connectivity index (χ4v) is 2.75. The van der Waals surface area contributed by atoms with Gasteiger partial charge in [0.05, 0.1) is 10.6 Å². The van der Waals surface area contributed by atoms with Gasteiger partial charge in [-0.05, 0) is 38.8 Å². The van der Waals surface area contributed by atoms with Gasteiger partial charge in [-0.2, -0.15) is 0 Å². The second-order valence-electron chi connectivity index (χ2n) is 4.14. The average molecular weight is 248 g/mol. The van der Waals surface area contributed by atoms with Gasteiger partial charge in [-0.15, -0.1) is 11.3 Å². The van der Waals surface area contributed by atoms with Crippen LogP contribution in [0, 0.1) is 0 Å². The van der Waals surface area contributed by atoms with Gasteiger partial charge in [-0.25, -0.2) is 0 Å². The van der Waals surface area contributed by atoms with Crippen LogP contribution < -0.4 is 5.32 Å². The van der Waals surface area contributed by atoms with Crippen molar-refractivity contribution in [2.24, 2.45) is 0 Å². The Hall–Kier alpha value is -0.0900. The molecule has 0 bridgehead atoms. The van der Waals surface area contributed by atoms with Crippen molar-refractivity contribution in [3.63, 3.8) is 0 Å². The number of thiophene rings is 1. The molecule has 0 amide bonds. The van der Waals surface area contributed by atoms with Crippen molar-refractivity contribution in [2.75, 3.05) is 14.2 Å². The molecule has 1 heterocycles. The minimum Gasteiger partial charge on any atom is -0.379 e. The lowest BCUT2D eigenvalue weighted by molar-refractivity contribution is 0.00774. The Balaban J connectivity index is 2.77. The van der Waals surface area contributed by atoms with Gasteiger partial charge in [0.25, 0.3) is 0 Å². The number of ether oxygens (including phenoxy) is 1. The van der Waals surface area contributed by atoms with E-state index >= 15 is 0 Å². The predicted octanol–water partition coefficient (Wildman–Crippen LogP) is 3.48. The van der Waals surface area contributed by atoms with Crippen molar-refractivity contribution in [3.05, 3.63) is 21.3 Å². The van der Waals surface area contributed by atoms with E-state index in [0.717, 1.165) is 11.4 Å². The number of rotatable bonds is 5. The first-order valence-corrected chi connectivity index (χ1v) is 6.21. The van der Waals surface area contributed by atoms with Crippen molar-refractivity contribution in [1.29, 1.82) is 0 Å². The molecule has 1 rings (SSSR count). The molecule has 15 heavy (non-hydrogen) atoms. The van der Waals surface area contributed by atoms with Crippen molar-refractivity contribution in [1.82, 2.24) is 5.32 Å². The first kappa shape index (κ1) is 13.0. The Morgan fingerprint density at radius 3 is 2.67 bits per heavy atom. The Labute approximate surface area is 101 Å². The monoisotopic (exact) mass is 247 g/mol. The zero-order valence-corrected chi connectivity index (χ0v) is 11.2. The second kappa shape index (κ2) is 5.30. The molecule has 0 saturated heterocycles. The number of methoxy groups -OCH3 is 1. The van der Waals surface area contributed by atoms with E-state index in [-0.39, 0.29) is 11.6 Å². The van der Waals surface area contributed by atoms with Crippen molar-refractivity contribution in [3.8, 4) is 0 Å². The average Bonchev–Trinajstić information content (AvgIpc) is 2.61. The minimum atomic E-state index is -0.138. The van der Waals surface area contributed by atoms with Crippen molar-refractivity contribution < 1.29 is 4.74 Å². The molecule has 0 saturated carbocycles. The van der Waals surface area contributed by atoms with Crippen LogP contribution in [0.2, 0.25) is 5.02 Å². The summed E-state index contributed by atoms with van der Waals surface area (Å²) in [6.45, 7) is 4.16. The van der Waals surface area contributed by atoms with Gasteiger partial charge >= 0.3 is 0 Å². The molecule has 0 aromatic carbocycles. The third kappa shape index (κ3) is 3.45. The number of halogens is 1. The summed E-state index contributed by atoms with van der Waals surface area (Å²) in [5.41, 5.74) is -0.138. The summed E-state index contributed by atoms with van der Waals surface area (Å²) < 4.78 is 5.43. The van der Waals surface area contributed by atoms with Crippen LogP contribution in [-0.2, 0) is 4.74 Å². The molecule has 0 spiro atoms. The quantitative estimate of drug-likeness (QED) is 0.860. The van der Waals surface area contributed by atoms with E-state index in [4.69, 9.17) is 16.3 Å². The molecule has 4 heteroatoms. The first-order valence-electron chi connectivity index (χ1n) is 4.95. The highest BCUT2D eigenvalue weighted by Crippen LogP contribution is 2.33. The molecule has 1 atom stereocenters. The van der Waals surface area contributed by atoms with Crippen LogP contribution in [0.5, 0.6) is 0 Å². The summed E-state index contributed by atoms with van der Waals surface area (Å²) in [6.07, 6.45) is 0.903. The maximum atomic E-state index is 6.11. The van der Waals surface area contributed by atoms with Gasteiger partial charge in [-0.3, -0.25) is 0 Å². The Bertz CT molecular complexity index is 311. The highest BCUT2D eigenvalue weighted by molar-refractivity contribution is 7.10. The normalized spacial score (nSPS) is 14.2. The number of hydrogen-bond donors (Lipinski definition) is 1. The molecular weight excluding hydrogens is 230 g/mol. The van der Waals surface area contributed by atoms with Crippen LogP contribution in [0.25, 0.3) is 0 Å². The molecule has 86 valence electrons. The van der Waals surface area contributed by atoms with E-state index in [1.165, 1.54) is 4.88 Å². The predicted molar refractivity (Wildman–Crippen MR) is 66.8 cm³/mol. The molecule has 0 aliphatic heterocycles. The number of hydrogen-bond acceptors (Lipinski definition) is 3. The van der Waals surface area contributed by atoms with E-state index in [1.807, 2.05) is 18.5 Å². The second-order valence-corrected chi connectivity index (χ2v) is 5.50. The molecule has 2 nitrogen and oxygen atoms in total. The fourth-order valence-electron chi connectivity index (χ4n) is 1.45. The zero-order chi connectivity index (χ0) is 11.5. The van der Waals surface area contributed by atoms with Crippen LogP contribution in [0.15, 0.2) is 11.4 Å². The minimum absolute atomic E-state index is 0.138. The molecule has 0 fully saturated rings. The lowest BCUT2D eigenvalue weighted by Gasteiger charge is -2.28. The van der Waals surface area contributed by atoms with Gasteiger partial charge < -0.3 is 10.1 Å². The van der Waals surface area contributed by atoms with E-state index in [1.54, 1.807) is 18.4 Å². The molecule has 0 radical (unpaired) electrons. The van der Waals surface area contributed by atoms with E-state index in [9.17, 15) is 0 Å². The van der Waals surface area contributed by atoms with E-state index < -0.39 is 0 Å². The van der Waals surface area contributed by atoms with Crippen molar-refractivity contribution >= 4 is 22.9 Å². The summed E-state index contributed by atoms with van der Waals surface area (Å²) in [5.74, 6) is 0. The summed E-state index contributed by atoms with van der Waals surface area (Å²) in [7, 11) is 3.69. The Morgan fingerprint density at radius 1 is 1.60 bits per heavy atom. The molecule has 1 unspecified atom stereocenters. The molecular formula is C11H18ClNOS. The largest absolute Gasteiger partial charge is 0.379 e. The molecule has 1 aromatic heterocycles. The van der Waals surface area contributed by atoms with Crippen LogP contribution in [0.4, 0.5) is 0 Å². The molecule has 1 aromatic rings. The lowest BCUT2D eigenvalue weighted by atomic mass is 9.98. The van der Waals surface area contributed by atoms with E-state index in [2.05, 4.69) is 19.2 Å². The molecule has 1 N–H and O–H groups in total. The van der Waals surface area contributed by atoms with Gasteiger partial charge in [0.1, 0.15) is 0 Å². The van der Waals surface area contributed by atoms with Crippen LogP contribution in [0.3, 0.4) is 0 Å². The summed E-state index contributed by atoms with van der Waals surface area (Å²) in [4.78, 5) is 1.18. The highest BCUT2D eigenvalue weighted by Gasteiger charge is 2.24. The summed E-state index contributed by atoms with van der Waals surface area (Å²) in [6, 6.07) is 2.19. The third-order valence-corrected chi connectivity index (χ3v) is 4.03. The lowest BCUT2D eigenvalue weighted by Crippen LogP contribution is -2.30. The maximum absolute atomic E-state index is 6.11. The van der Waals surface area contributed by atoms with Gasteiger partial charge in [-0.1, -0.05) is 11.6 Å². The SMILES string of the molecule is CNC(CC(C)(C)OC)c1sccc1Cl. The molecule has 0 aliphatic carbocycles. The Morgan fingerprint density at radius 2 is 2.27 bits per heavy atom. The van der Waals surface area contributed by atoms with Crippen LogP contribution >= 0.6 is 22.9 Å². The number of nitrogens with one attached hydrogen (secondary N) is 1. The third-order valence-electron chi connectivity index (χ3n) is 2.56.